The first-order valence-corrected chi connectivity index (χ1v) is 10.5. The molecule has 0 bridgehead atoms. The van der Waals surface area contributed by atoms with Gasteiger partial charge in [-0.15, -0.1) is 0 Å². The standard InChI is InChI=1S/C24H26N4O4/c1-27-15-26-14-21(27)17-4-7-22(20(13-17)24(25)31)32-19-8-10-28(11-9-19)23(30)12-16-2-5-18(29)6-3-16/h2-7,13-15,19,29H,8-12H2,1H3,(H2,25,31). The van der Waals surface area contributed by atoms with Crippen LogP contribution in [0.5, 0.6) is 11.5 Å². The van der Waals surface area contributed by atoms with E-state index in [-0.39, 0.29) is 17.8 Å². The maximum absolute atomic E-state index is 12.6. The first-order chi connectivity index (χ1) is 15.4. The highest BCUT2D eigenvalue weighted by atomic mass is 16.5. The molecule has 1 aliphatic heterocycles. The third kappa shape index (κ3) is 4.74. The van der Waals surface area contributed by atoms with Crippen molar-refractivity contribution in [3.05, 3.63) is 66.1 Å². The van der Waals surface area contributed by atoms with Gasteiger partial charge in [0.05, 0.1) is 30.2 Å². The minimum absolute atomic E-state index is 0.0486. The van der Waals surface area contributed by atoms with Crippen molar-refractivity contribution in [2.45, 2.75) is 25.4 Å². The van der Waals surface area contributed by atoms with Gasteiger partial charge in [0.25, 0.3) is 5.91 Å². The zero-order valence-electron chi connectivity index (χ0n) is 17.9. The van der Waals surface area contributed by atoms with Gasteiger partial charge in [0.1, 0.15) is 17.6 Å². The van der Waals surface area contributed by atoms with E-state index in [1.807, 2.05) is 22.6 Å². The molecule has 0 saturated carbocycles. The summed E-state index contributed by atoms with van der Waals surface area (Å²) >= 11 is 0. The Bertz CT molecular complexity index is 1120. The van der Waals surface area contributed by atoms with E-state index in [0.717, 1.165) is 16.8 Å². The predicted octanol–water partition coefficient (Wildman–Crippen LogP) is 2.50. The molecule has 3 aromatic rings. The molecule has 4 rings (SSSR count). The van der Waals surface area contributed by atoms with E-state index in [1.54, 1.807) is 48.9 Å². The number of primary amides is 1. The Kier molecular flexibility index (Phi) is 6.11. The molecule has 1 aliphatic rings. The zero-order valence-corrected chi connectivity index (χ0v) is 17.9. The van der Waals surface area contributed by atoms with Crippen molar-refractivity contribution in [2.75, 3.05) is 13.1 Å². The number of piperidine rings is 1. The number of imidazole rings is 1. The van der Waals surface area contributed by atoms with Gasteiger partial charge in [0.15, 0.2) is 0 Å². The Labute approximate surface area is 186 Å². The largest absolute Gasteiger partial charge is 0.508 e. The van der Waals surface area contributed by atoms with Crippen LogP contribution >= 0.6 is 0 Å². The van der Waals surface area contributed by atoms with Crippen LogP contribution in [0, 0.1) is 0 Å². The summed E-state index contributed by atoms with van der Waals surface area (Å²) in [5, 5.41) is 9.38. The highest BCUT2D eigenvalue weighted by molar-refractivity contribution is 5.97. The molecule has 2 aromatic carbocycles. The number of benzene rings is 2. The lowest BCUT2D eigenvalue weighted by Crippen LogP contribution is -2.42. The summed E-state index contributed by atoms with van der Waals surface area (Å²) < 4.78 is 7.99. The normalized spacial score (nSPS) is 14.3. The fourth-order valence-electron chi connectivity index (χ4n) is 3.92. The first kappa shape index (κ1) is 21.4. The Morgan fingerprint density at radius 3 is 2.50 bits per heavy atom. The molecular formula is C24H26N4O4. The van der Waals surface area contributed by atoms with Crippen molar-refractivity contribution in [2.24, 2.45) is 12.8 Å². The van der Waals surface area contributed by atoms with Gasteiger partial charge in [-0.25, -0.2) is 4.98 Å². The average Bonchev–Trinajstić information content (AvgIpc) is 3.22. The Morgan fingerprint density at radius 2 is 1.88 bits per heavy atom. The van der Waals surface area contributed by atoms with Crippen molar-refractivity contribution >= 4 is 11.8 Å². The molecule has 2 amide bonds. The number of ether oxygens (including phenoxy) is 1. The van der Waals surface area contributed by atoms with Crippen LogP contribution in [0.4, 0.5) is 0 Å². The fraction of sp³-hybridized carbons (Fsp3) is 0.292. The molecule has 0 aliphatic carbocycles. The van der Waals surface area contributed by atoms with Gasteiger partial charge in [-0.2, -0.15) is 0 Å². The molecule has 8 heteroatoms. The van der Waals surface area contributed by atoms with Crippen molar-refractivity contribution in [1.82, 2.24) is 14.5 Å². The summed E-state index contributed by atoms with van der Waals surface area (Å²) in [5.74, 6) is 0.137. The summed E-state index contributed by atoms with van der Waals surface area (Å²) in [6, 6.07) is 12.1. The van der Waals surface area contributed by atoms with Gasteiger partial charge in [0.2, 0.25) is 5.91 Å². The van der Waals surface area contributed by atoms with Gasteiger partial charge in [-0.3, -0.25) is 9.59 Å². The summed E-state index contributed by atoms with van der Waals surface area (Å²) in [6.45, 7) is 1.17. The second kappa shape index (κ2) is 9.13. The number of nitrogens with two attached hydrogens (primary N) is 1. The van der Waals surface area contributed by atoms with Crippen LogP contribution < -0.4 is 10.5 Å². The molecule has 166 valence electrons. The lowest BCUT2D eigenvalue weighted by molar-refractivity contribution is -0.132. The molecule has 0 radical (unpaired) electrons. The van der Waals surface area contributed by atoms with Crippen LogP contribution in [0.3, 0.4) is 0 Å². The van der Waals surface area contributed by atoms with E-state index >= 15 is 0 Å². The number of phenolic OH excluding ortho intramolecular Hbond substituents is 1. The van der Waals surface area contributed by atoms with E-state index in [4.69, 9.17) is 10.5 Å². The number of aromatic hydroxyl groups is 1. The number of carbonyl (C=O) groups excluding carboxylic acids is 2. The second-order valence-corrected chi connectivity index (χ2v) is 8.01. The van der Waals surface area contributed by atoms with Gasteiger partial charge >= 0.3 is 0 Å². The number of hydrogen-bond donors (Lipinski definition) is 2. The molecule has 1 aromatic heterocycles. The topological polar surface area (TPSA) is 111 Å². The van der Waals surface area contributed by atoms with Crippen molar-refractivity contribution in [3.63, 3.8) is 0 Å². The molecule has 32 heavy (non-hydrogen) atoms. The third-order valence-corrected chi connectivity index (χ3v) is 5.74. The van der Waals surface area contributed by atoms with Gasteiger partial charge in [-0.1, -0.05) is 12.1 Å². The van der Waals surface area contributed by atoms with E-state index in [9.17, 15) is 14.7 Å². The van der Waals surface area contributed by atoms with Crippen LogP contribution in [-0.4, -0.2) is 50.6 Å². The fourth-order valence-corrected chi connectivity index (χ4v) is 3.92. The average molecular weight is 434 g/mol. The number of nitrogens with zero attached hydrogens (tertiary/aromatic N) is 3. The smallest absolute Gasteiger partial charge is 0.252 e. The molecule has 8 nitrogen and oxygen atoms in total. The Morgan fingerprint density at radius 1 is 1.16 bits per heavy atom. The van der Waals surface area contributed by atoms with Gasteiger partial charge in [-0.05, 0) is 35.9 Å². The molecule has 3 N–H and O–H groups in total. The van der Waals surface area contributed by atoms with Crippen LogP contribution in [-0.2, 0) is 18.3 Å². The van der Waals surface area contributed by atoms with Gasteiger partial charge in [0, 0.05) is 38.5 Å². The van der Waals surface area contributed by atoms with Crippen molar-refractivity contribution in [3.8, 4) is 22.8 Å². The van der Waals surface area contributed by atoms with Gasteiger partial charge < -0.3 is 25.0 Å². The lowest BCUT2D eigenvalue weighted by Gasteiger charge is -2.32. The third-order valence-electron chi connectivity index (χ3n) is 5.74. The Hall–Kier alpha value is -3.81. The highest BCUT2D eigenvalue weighted by Crippen LogP contribution is 2.28. The van der Waals surface area contributed by atoms with Crippen LogP contribution in [0.1, 0.15) is 28.8 Å². The zero-order chi connectivity index (χ0) is 22.7. The maximum atomic E-state index is 12.6. The second-order valence-electron chi connectivity index (χ2n) is 8.01. The minimum Gasteiger partial charge on any atom is -0.508 e. The SMILES string of the molecule is Cn1cncc1-c1ccc(OC2CCN(C(=O)Cc3ccc(O)cc3)CC2)c(C(N)=O)c1. The van der Waals surface area contributed by atoms with Crippen molar-refractivity contribution in [1.29, 1.82) is 0 Å². The number of likely N-dealkylation sites (tertiary alicyclic amines) is 1. The Balaban J connectivity index is 1.38. The number of phenols is 1. The van der Waals surface area contributed by atoms with E-state index in [0.29, 0.717) is 43.7 Å². The number of rotatable bonds is 6. The molecule has 1 saturated heterocycles. The summed E-state index contributed by atoms with van der Waals surface area (Å²) in [7, 11) is 1.88. The maximum Gasteiger partial charge on any atom is 0.252 e. The molecule has 1 fully saturated rings. The van der Waals surface area contributed by atoms with Crippen LogP contribution in [0.25, 0.3) is 11.3 Å². The number of amides is 2. The monoisotopic (exact) mass is 434 g/mol. The molecule has 0 spiro atoms. The minimum atomic E-state index is -0.550. The molecular weight excluding hydrogens is 408 g/mol. The van der Waals surface area contributed by atoms with E-state index in [2.05, 4.69) is 4.98 Å². The summed E-state index contributed by atoms with van der Waals surface area (Å²) in [5.41, 5.74) is 8.52. The van der Waals surface area contributed by atoms with E-state index < -0.39 is 5.91 Å². The first-order valence-electron chi connectivity index (χ1n) is 10.5. The lowest BCUT2D eigenvalue weighted by atomic mass is 10.0. The summed E-state index contributed by atoms with van der Waals surface area (Å²) in [6.07, 6.45) is 4.96. The van der Waals surface area contributed by atoms with Crippen molar-refractivity contribution < 1.29 is 19.4 Å². The number of aromatic nitrogens is 2. The number of carbonyl (C=O) groups is 2. The van der Waals surface area contributed by atoms with Crippen LogP contribution in [0.15, 0.2) is 55.0 Å². The quantitative estimate of drug-likeness (QED) is 0.619. The molecule has 0 unspecified atom stereocenters. The number of hydrogen-bond acceptors (Lipinski definition) is 5. The molecule has 0 atom stereocenters. The predicted molar refractivity (Wildman–Crippen MR) is 119 cm³/mol. The van der Waals surface area contributed by atoms with E-state index in [1.165, 1.54) is 0 Å². The highest BCUT2D eigenvalue weighted by Gasteiger charge is 2.25. The van der Waals surface area contributed by atoms with Crippen LogP contribution in [0.2, 0.25) is 0 Å². The number of aryl methyl sites for hydroxylation is 1. The summed E-state index contributed by atoms with van der Waals surface area (Å²) in [4.78, 5) is 30.6. The molecule has 2 heterocycles.